The minimum Gasteiger partial charge on any atom is -0.623 e. The minimum atomic E-state index is -0.565. The average molecular weight is 288 g/mol. The van der Waals surface area contributed by atoms with Crippen molar-refractivity contribution in [3.63, 3.8) is 0 Å². The SMILES string of the molecule is C/C(c1cccs1)=[N+](/[O-])[C@H](C)/C(=N\O)c1ccccc1. The number of hydrogen-bond acceptors (Lipinski definition) is 4. The molecule has 1 aromatic carbocycles. The van der Waals surface area contributed by atoms with Crippen molar-refractivity contribution in [3.05, 3.63) is 63.5 Å². The number of oxime groups is 1. The van der Waals surface area contributed by atoms with Gasteiger partial charge in [0, 0.05) is 19.4 Å². The summed E-state index contributed by atoms with van der Waals surface area (Å²) in [6.07, 6.45) is 0. The van der Waals surface area contributed by atoms with Crippen molar-refractivity contribution in [1.29, 1.82) is 0 Å². The molecular weight excluding hydrogens is 272 g/mol. The lowest BCUT2D eigenvalue weighted by Gasteiger charge is -2.16. The van der Waals surface area contributed by atoms with Gasteiger partial charge in [0.15, 0.2) is 5.71 Å². The molecule has 2 rings (SSSR count). The summed E-state index contributed by atoms with van der Waals surface area (Å²) in [5.74, 6) is 0. The Bertz CT molecular complexity index is 619. The number of hydrogen-bond donors (Lipinski definition) is 1. The number of hydroxylamine groups is 1. The summed E-state index contributed by atoms with van der Waals surface area (Å²) in [6, 6.07) is 12.4. The Morgan fingerprint density at radius 3 is 2.50 bits per heavy atom. The Balaban J connectivity index is 2.35. The predicted molar refractivity (Wildman–Crippen MR) is 82.0 cm³/mol. The van der Waals surface area contributed by atoms with Gasteiger partial charge < -0.3 is 10.4 Å². The van der Waals surface area contributed by atoms with Crippen LogP contribution < -0.4 is 0 Å². The zero-order valence-electron chi connectivity index (χ0n) is 11.4. The fraction of sp³-hybridized carbons (Fsp3) is 0.200. The number of rotatable bonds is 4. The van der Waals surface area contributed by atoms with E-state index in [2.05, 4.69) is 5.16 Å². The molecule has 1 N–H and O–H groups in total. The van der Waals surface area contributed by atoms with Gasteiger partial charge >= 0.3 is 0 Å². The Morgan fingerprint density at radius 1 is 1.25 bits per heavy atom. The van der Waals surface area contributed by atoms with E-state index < -0.39 is 6.04 Å². The predicted octanol–water partition coefficient (Wildman–Crippen LogP) is 3.33. The molecule has 0 amide bonds. The van der Waals surface area contributed by atoms with Gasteiger partial charge in [-0.25, -0.2) is 0 Å². The van der Waals surface area contributed by atoms with Gasteiger partial charge in [-0.3, -0.25) is 0 Å². The van der Waals surface area contributed by atoms with Gasteiger partial charge in [0.1, 0.15) is 0 Å². The minimum absolute atomic E-state index is 0.358. The zero-order chi connectivity index (χ0) is 14.5. The molecule has 0 bridgehead atoms. The van der Waals surface area contributed by atoms with E-state index >= 15 is 0 Å². The van der Waals surface area contributed by atoms with Crippen molar-refractivity contribution in [1.82, 2.24) is 0 Å². The monoisotopic (exact) mass is 288 g/mol. The molecule has 0 radical (unpaired) electrons. The molecule has 0 aliphatic rings. The van der Waals surface area contributed by atoms with Crippen LogP contribution in [0.25, 0.3) is 0 Å². The second-order valence-corrected chi connectivity index (χ2v) is 5.36. The summed E-state index contributed by atoms with van der Waals surface area (Å²) >= 11 is 1.51. The fourth-order valence-electron chi connectivity index (χ4n) is 1.99. The van der Waals surface area contributed by atoms with Crippen molar-refractivity contribution in [2.75, 3.05) is 0 Å². The van der Waals surface area contributed by atoms with E-state index in [1.807, 2.05) is 47.8 Å². The summed E-state index contributed by atoms with van der Waals surface area (Å²) in [4.78, 5) is 0.914. The molecule has 0 fully saturated rings. The van der Waals surface area contributed by atoms with Crippen LogP contribution >= 0.6 is 11.3 Å². The van der Waals surface area contributed by atoms with Gasteiger partial charge in [0.25, 0.3) is 0 Å². The molecule has 0 saturated carbocycles. The summed E-state index contributed by atoms with van der Waals surface area (Å²) in [5, 5.41) is 26.9. The van der Waals surface area contributed by atoms with Gasteiger partial charge in [0.05, 0.1) is 4.88 Å². The molecule has 1 atom stereocenters. The maximum Gasteiger partial charge on any atom is 0.206 e. The molecule has 2 aromatic rings. The number of nitrogens with zero attached hydrogens (tertiary/aromatic N) is 2. The summed E-state index contributed by atoms with van der Waals surface area (Å²) in [7, 11) is 0. The zero-order valence-corrected chi connectivity index (χ0v) is 12.2. The van der Waals surface area contributed by atoms with E-state index in [1.54, 1.807) is 13.8 Å². The molecule has 0 aliphatic heterocycles. The summed E-state index contributed by atoms with van der Waals surface area (Å²) in [5.41, 5.74) is 1.71. The lowest BCUT2D eigenvalue weighted by molar-refractivity contribution is -0.476. The summed E-state index contributed by atoms with van der Waals surface area (Å²) in [6.45, 7) is 3.50. The van der Waals surface area contributed by atoms with E-state index in [0.717, 1.165) is 15.2 Å². The Hall–Kier alpha value is -2.14. The van der Waals surface area contributed by atoms with Gasteiger partial charge in [-0.2, -0.15) is 4.74 Å². The van der Waals surface area contributed by atoms with Crippen LogP contribution in [-0.2, 0) is 0 Å². The van der Waals surface area contributed by atoms with Crippen LogP contribution in [0.4, 0.5) is 0 Å². The van der Waals surface area contributed by atoms with Crippen LogP contribution in [0.5, 0.6) is 0 Å². The topological polar surface area (TPSA) is 58.7 Å². The molecule has 4 nitrogen and oxygen atoms in total. The third-order valence-electron chi connectivity index (χ3n) is 3.13. The molecule has 0 aliphatic carbocycles. The van der Waals surface area contributed by atoms with Crippen LogP contribution in [0, 0.1) is 5.21 Å². The molecule has 1 heterocycles. The van der Waals surface area contributed by atoms with E-state index in [-0.39, 0.29) is 0 Å². The van der Waals surface area contributed by atoms with E-state index in [4.69, 9.17) is 0 Å². The van der Waals surface area contributed by atoms with Crippen LogP contribution in [0.15, 0.2) is 53.0 Å². The van der Waals surface area contributed by atoms with E-state index in [0.29, 0.717) is 11.4 Å². The molecule has 0 saturated heterocycles. The van der Waals surface area contributed by atoms with Crippen molar-refractivity contribution in [2.45, 2.75) is 19.9 Å². The molecule has 0 unspecified atom stereocenters. The van der Waals surface area contributed by atoms with Gasteiger partial charge in [0.2, 0.25) is 11.8 Å². The second kappa shape index (κ2) is 6.34. The van der Waals surface area contributed by atoms with E-state index in [1.165, 1.54) is 11.3 Å². The normalized spacial score (nSPS) is 14.8. The maximum atomic E-state index is 12.4. The number of benzene rings is 1. The third kappa shape index (κ3) is 2.88. The second-order valence-electron chi connectivity index (χ2n) is 4.42. The van der Waals surface area contributed by atoms with Crippen LogP contribution in [0.3, 0.4) is 0 Å². The van der Waals surface area contributed by atoms with Crippen LogP contribution in [-0.4, -0.2) is 27.4 Å². The lowest BCUT2D eigenvalue weighted by atomic mass is 10.0. The first-order chi connectivity index (χ1) is 9.65. The highest BCUT2D eigenvalue weighted by molar-refractivity contribution is 7.12. The first-order valence-corrected chi connectivity index (χ1v) is 7.14. The van der Waals surface area contributed by atoms with Crippen LogP contribution in [0.1, 0.15) is 24.3 Å². The largest absolute Gasteiger partial charge is 0.623 e. The highest BCUT2D eigenvalue weighted by atomic mass is 32.1. The van der Waals surface area contributed by atoms with Gasteiger partial charge in [-0.15, -0.1) is 11.3 Å². The molecule has 5 heteroatoms. The molecular formula is C15H16N2O2S. The first-order valence-electron chi connectivity index (χ1n) is 6.26. The van der Waals surface area contributed by atoms with Gasteiger partial charge in [-0.1, -0.05) is 41.6 Å². The van der Waals surface area contributed by atoms with Crippen molar-refractivity contribution in [2.24, 2.45) is 5.16 Å². The Labute approximate surface area is 121 Å². The molecule has 0 spiro atoms. The number of thiophene rings is 1. The summed E-state index contributed by atoms with van der Waals surface area (Å²) < 4.78 is 0.883. The van der Waals surface area contributed by atoms with Crippen LogP contribution in [0.2, 0.25) is 0 Å². The van der Waals surface area contributed by atoms with Gasteiger partial charge in [-0.05, 0) is 11.4 Å². The maximum absolute atomic E-state index is 12.4. The third-order valence-corrected chi connectivity index (χ3v) is 4.11. The standard InChI is InChI=1S/C15H16N2O2S/c1-11(14-9-6-10-20-14)17(19)12(2)15(16-18)13-7-4-3-5-8-13/h3-10,12,18H,1-2H3/b16-15+,17-11-/t12-/m1/s1. The van der Waals surface area contributed by atoms with E-state index in [9.17, 15) is 10.4 Å². The Morgan fingerprint density at radius 2 is 1.95 bits per heavy atom. The molecule has 104 valence electrons. The quantitative estimate of drug-likeness (QED) is 0.308. The first kappa shape index (κ1) is 14.3. The smallest absolute Gasteiger partial charge is 0.206 e. The van der Waals surface area contributed by atoms with Crippen molar-refractivity contribution < 1.29 is 9.95 Å². The average Bonchev–Trinajstić information content (AvgIpc) is 3.01. The van der Waals surface area contributed by atoms with Crippen molar-refractivity contribution >= 4 is 22.8 Å². The highest BCUT2D eigenvalue weighted by Gasteiger charge is 2.23. The van der Waals surface area contributed by atoms with Crippen molar-refractivity contribution in [3.8, 4) is 0 Å². The molecule has 1 aromatic heterocycles. The lowest BCUT2D eigenvalue weighted by Crippen LogP contribution is -2.32. The molecule has 20 heavy (non-hydrogen) atoms. The fourth-order valence-corrected chi connectivity index (χ4v) is 2.71. The Kier molecular flexibility index (Phi) is 4.53. The highest BCUT2D eigenvalue weighted by Crippen LogP contribution is 2.13.